The molecule has 19 heavy (non-hydrogen) atoms. The van der Waals surface area contributed by atoms with Crippen LogP contribution in [0.4, 0.5) is 0 Å². The third-order valence-electron chi connectivity index (χ3n) is 4.33. The first-order valence-corrected chi connectivity index (χ1v) is 7.30. The average molecular weight is 265 g/mol. The summed E-state index contributed by atoms with van der Waals surface area (Å²) in [6.07, 6.45) is 6.69. The molecular weight excluding hydrogens is 242 g/mol. The van der Waals surface area contributed by atoms with Crippen LogP contribution >= 0.6 is 0 Å². The molecule has 4 nitrogen and oxygen atoms in total. The van der Waals surface area contributed by atoms with Crippen molar-refractivity contribution in [1.29, 1.82) is 0 Å². The molecule has 1 saturated carbocycles. The lowest BCUT2D eigenvalue weighted by Crippen LogP contribution is -2.43. The van der Waals surface area contributed by atoms with Crippen LogP contribution in [0.1, 0.15) is 33.1 Å². The number of hydrogen-bond acceptors (Lipinski definition) is 2. The van der Waals surface area contributed by atoms with Gasteiger partial charge in [0.2, 0.25) is 5.91 Å². The Labute approximate surface area is 114 Å². The predicted octanol–water partition coefficient (Wildman–Crippen LogP) is 2.16. The Kier molecular flexibility index (Phi) is 4.27. The molecule has 0 aromatic rings. The van der Waals surface area contributed by atoms with Gasteiger partial charge in [0.15, 0.2) is 0 Å². The molecule has 0 saturated heterocycles. The first kappa shape index (κ1) is 14.1. The highest BCUT2D eigenvalue weighted by atomic mass is 16.4. The fourth-order valence-electron chi connectivity index (χ4n) is 3.58. The van der Waals surface area contributed by atoms with E-state index in [0.717, 1.165) is 32.4 Å². The van der Waals surface area contributed by atoms with Crippen LogP contribution in [0.3, 0.4) is 0 Å². The maximum Gasteiger partial charge on any atom is 0.307 e. The molecule has 1 N–H and O–H groups in total. The van der Waals surface area contributed by atoms with Gasteiger partial charge in [-0.1, -0.05) is 26.0 Å². The van der Waals surface area contributed by atoms with Crippen LogP contribution in [0, 0.1) is 23.7 Å². The van der Waals surface area contributed by atoms with E-state index in [4.69, 9.17) is 0 Å². The van der Waals surface area contributed by atoms with Gasteiger partial charge in [-0.3, -0.25) is 9.59 Å². The lowest BCUT2D eigenvalue weighted by atomic mass is 9.82. The first-order chi connectivity index (χ1) is 9.10. The van der Waals surface area contributed by atoms with Gasteiger partial charge in [0.1, 0.15) is 0 Å². The molecule has 106 valence electrons. The molecule has 4 heteroatoms. The van der Waals surface area contributed by atoms with E-state index in [-0.39, 0.29) is 23.7 Å². The molecule has 0 aromatic heterocycles. The monoisotopic (exact) mass is 265 g/mol. The van der Waals surface area contributed by atoms with Gasteiger partial charge in [-0.05, 0) is 31.1 Å². The van der Waals surface area contributed by atoms with E-state index < -0.39 is 11.9 Å². The summed E-state index contributed by atoms with van der Waals surface area (Å²) in [6, 6.07) is 0. The smallest absolute Gasteiger partial charge is 0.307 e. The minimum Gasteiger partial charge on any atom is -0.481 e. The lowest BCUT2D eigenvalue weighted by Gasteiger charge is -2.30. The summed E-state index contributed by atoms with van der Waals surface area (Å²) in [5.74, 6) is -1.43. The summed E-state index contributed by atoms with van der Waals surface area (Å²) in [7, 11) is 0. The van der Waals surface area contributed by atoms with Gasteiger partial charge >= 0.3 is 5.97 Å². The lowest BCUT2D eigenvalue weighted by molar-refractivity contribution is -0.151. The minimum absolute atomic E-state index is 0.0490. The Bertz CT molecular complexity index is 385. The number of amides is 1. The van der Waals surface area contributed by atoms with Crippen molar-refractivity contribution in [1.82, 2.24) is 4.90 Å². The van der Waals surface area contributed by atoms with E-state index in [1.54, 1.807) is 0 Å². The fraction of sp³-hybridized carbons (Fsp3) is 0.733. The number of aliphatic carboxylic acids is 1. The molecule has 0 aliphatic heterocycles. The third-order valence-corrected chi connectivity index (χ3v) is 4.33. The van der Waals surface area contributed by atoms with E-state index in [9.17, 15) is 14.7 Å². The fourth-order valence-corrected chi connectivity index (χ4v) is 3.58. The van der Waals surface area contributed by atoms with E-state index in [0.29, 0.717) is 0 Å². The van der Waals surface area contributed by atoms with Crippen LogP contribution in [0.15, 0.2) is 12.2 Å². The highest BCUT2D eigenvalue weighted by Gasteiger charge is 2.52. The average Bonchev–Trinajstić information content (AvgIpc) is 2.97. The third kappa shape index (κ3) is 2.53. The molecule has 4 atom stereocenters. The molecule has 2 bridgehead atoms. The van der Waals surface area contributed by atoms with Crippen molar-refractivity contribution < 1.29 is 14.7 Å². The predicted molar refractivity (Wildman–Crippen MR) is 72.5 cm³/mol. The molecule has 2 aliphatic rings. The molecule has 0 heterocycles. The van der Waals surface area contributed by atoms with Gasteiger partial charge in [0, 0.05) is 13.1 Å². The van der Waals surface area contributed by atoms with Crippen molar-refractivity contribution in [2.24, 2.45) is 23.7 Å². The summed E-state index contributed by atoms with van der Waals surface area (Å²) >= 11 is 0. The highest BCUT2D eigenvalue weighted by Crippen LogP contribution is 2.48. The normalized spacial score (nSPS) is 31.7. The summed E-state index contributed by atoms with van der Waals surface area (Å²) in [6.45, 7) is 5.56. The number of nitrogens with zero attached hydrogens (tertiary/aromatic N) is 1. The minimum atomic E-state index is -0.817. The Hall–Kier alpha value is -1.32. The summed E-state index contributed by atoms with van der Waals surface area (Å²) in [4.78, 5) is 26.0. The molecule has 1 fully saturated rings. The standard InChI is InChI=1S/C15H23NO3/c1-3-7-16(8-4-2)14(17)12-10-5-6-11(9-10)13(12)15(18)19/h5-6,10-13H,3-4,7-9H2,1-2H3,(H,18,19)/t10-,11-,12-,13+/m1/s1. The second-order valence-electron chi connectivity index (χ2n) is 5.66. The largest absolute Gasteiger partial charge is 0.481 e. The molecule has 2 rings (SSSR count). The van der Waals surface area contributed by atoms with Crippen molar-refractivity contribution in [2.45, 2.75) is 33.1 Å². The number of fused-ring (bicyclic) bond motifs is 2. The van der Waals surface area contributed by atoms with Crippen LogP contribution in [0.2, 0.25) is 0 Å². The van der Waals surface area contributed by atoms with Crippen LogP contribution in [0.5, 0.6) is 0 Å². The highest BCUT2D eigenvalue weighted by molar-refractivity contribution is 5.87. The van der Waals surface area contributed by atoms with Crippen molar-refractivity contribution in [3.05, 3.63) is 12.2 Å². The van der Waals surface area contributed by atoms with Gasteiger partial charge in [0.05, 0.1) is 11.8 Å². The second kappa shape index (κ2) is 5.76. The quantitative estimate of drug-likeness (QED) is 0.749. The molecular formula is C15H23NO3. The number of carboxylic acids is 1. The Morgan fingerprint density at radius 2 is 1.63 bits per heavy atom. The van der Waals surface area contributed by atoms with E-state index in [2.05, 4.69) is 0 Å². The number of carboxylic acid groups (broad SMARTS) is 1. The van der Waals surface area contributed by atoms with Crippen molar-refractivity contribution in [3.8, 4) is 0 Å². The molecule has 0 aromatic carbocycles. The second-order valence-corrected chi connectivity index (χ2v) is 5.66. The number of allylic oxidation sites excluding steroid dienone is 2. The van der Waals surface area contributed by atoms with Gasteiger partial charge in [0.25, 0.3) is 0 Å². The van der Waals surface area contributed by atoms with Crippen LogP contribution in [0.25, 0.3) is 0 Å². The number of hydrogen-bond donors (Lipinski definition) is 1. The molecule has 0 unspecified atom stereocenters. The van der Waals surface area contributed by atoms with Gasteiger partial charge < -0.3 is 10.0 Å². The molecule has 2 aliphatic carbocycles. The van der Waals surface area contributed by atoms with Crippen molar-refractivity contribution >= 4 is 11.9 Å². The zero-order chi connectivity index (χ0) is 14.0. The SMILES string of the molecule is CCCN(CCC)C(=O)[C@H]1[C@@H](C(=O)O)[C@@H]2C=C[C@@H]1C2. The van der Waals surface area contributed by atoms with Gasteiger partial charge in [-0.2, -0.15) is 0 Å². The summed E-state index contributed by atoms with van der Waals surface area (Å²) in [5, 5.41) is 9.39. The van der Waals surface area contributed by atoms with Gasteiger partial charge in [-0.15, -0.1) is 0 Å². The number of carbonyl (C=O) groups is 2. The first-order valence-electron chi connectivity index (χ1n) is 7.30. The maximum atomic E-state index is 12.7. The topological polar surface area (TPSA) is 57.6 Å². The Balaban J connectivity index is 2.16. The molecule has 0 spiro atoms. The van der Waals surface area contributed by atoms with Crippen LogP contribution < -0.4 is 0 Å². The van der Waals surface area contributed by atoms with Crippen molar-refractivity contribution in [3.63, 3.8) is 0 Å². The zero-order valence-electron chi connectivity index (χ0n) is 11.7. The molecule has 1 amide bonds. The van der Waals surface area contributed by atoms with Gasteiger partial charge in [-0.25, -0.2) is 0 Å². The number of carbonyl (C=O) groups excluding carboxylic acids is 1. The summed E-state index contributed by atoms with van der Waals surface area (Å²) in [5.41, 5.74) is 0. The Morgan fingerprint density at radius 1 is 1.11 bits per heavy atom. The van der Waals surface area contributed by atoms with Crippen molar-refractivity contribution in [2.75, 3.05) is 13.1 Å². The van der Waals surface area contributed by atoms with Crippen LogP contribution in [-0.2, 0) is 9.59 Å². The van der Waals surface area contributed by atoms with Crippen LogP contribution in [-0.4, -0.2) is 35.0 Å². The summed E-state index contributed by atoms with van der Waals surface area (Å²) < 4.78 is 0. The van der Waals surface area contributed by atoms with E-state index in [1.807, 2.05) is 30.9 Å². The molecule has 0 radical (unpaired) electrons. The Morgan fingerprint density at radius 3 is 2.11 bits per heavy atom. The van der Waals surface area contributed by atoms with E-state index >= 15 is 0 Å². The zero-order valence-corrected chi connectivity index (χ0v) is 11.7. The maximum absolute atomic E-state index is 12.7. The number of rotatable bonds is 6. The van der Waals surface area contributed by atoms with E-state index in [1.165, 1.54) is 0 Å².